The van der Waals surface area contributed by atoms with E-state index in [2.05, 4.69) is 25.6 Å². The number of nitrogens with zero attached hydrogens (tertiary/aromatic N) is 3. The molecular formula is C10H16N6O3. The molecule has 0 atom stereocenters. The van der Waals surface area contributed by atoms with Crippen molar-refractivity contribution >= 4 is 17.0 Å². The van der Waals surface area contributed by atoms with E-state index in [1.807, 2.05) is 0 Å². The van der Waals surface area contributed by atoms with Gasteiger partial charge in [-0.2, -0.15) is 15.1 Å². The number of fused-ring (bicyclic) bond motifs is 1. The number of aromatic nitrogens is 4. The van der Waals surface area contributed by atoms with Crippen molar-refractivity contribution in [1.29, 1.82) is 0 Å². The second-order valence-corrected chi connectivity index (χ2v) is 3.58. The molecule has 0 saturated carbocycles. The Morgan fingerprint density at radius 2 is 2.11 bits per heavy atom. The van der Waals surface area contributed by atoms with Crippen LogP contribution in [0.1, 0.15) is 0 Å². The summed E-state index contributed by atoms with van der Waals surface area (Å²) in [5.74, 6) is 5.95. The number of nitrogens with two attached hydrogens (primary N) is 1. The number of rotatable bonds is 8. The summed E-state index contributed by atoms with van der Waals surface area (Å²) in [6.45, 7) is 1.89. The Kier molecular flexibility index (Phi) is 4.84. The van der Waals surface area contributed by atoms with Crippen LogP contribution in [0.25, 0.3) is 11.0 Å². The molecular weight excluding hydrogens is 252 g/mol. The predicted molar refractivity (Wildman–Crippen MR) is 67.7 cm³/mol. The van der Waals surface area contributed by atoms with E-state index >= 15 is 0 Å². The van der Waals surface area contributed by atoms with Gasteiger partial charge in [0.05, 0.1) is 26.0 Å². The maximum atomic E-state index is 5.53. The van der Waals surface area contributed by atoms with Gasteiger partial charge in [0.2, 0.25) is 11.8 Å². The number of nitrogens with one attached hydrogen (secondary N) is 2. The van der Waals surface area contributed by atoms with Gasteiger partial charge in [0.1, 0.15) is 12.0 Å². The minimum absolute atomic E-state index is 0.257. The standard InChI is InChI=1S/C10H16N6O3/c1-17-2-3-18-4-5-19-9-7-6-12-16-8(7)13-10(14-9)15-11/h6H,2-5,11H2,1H3,(H2,12,13,14,15,16). The van der Waals surface area contributed by atoms with Gasteiger partial charge < -0.3 is 14.2 Å². The Hall–Kier alpha value is -1.97. The SMILES string of the molecule is COCCOCCOc1nc(NN)nc2[nH]ncc12. The molecule has 2 aromatic heterocycles. The van der Waals surface area contributed by atoms with Gasteiger partial charge in [-0.3, -0.25) is 10.5 Å². The summed E-state index contributed by atoms with van der Waals surface area (Å²) >= 11 is 0. The van der Waals surface area contributed by atoms with Crippen LogP contribution in [-0.4, -0.2) is 53.7 Å². The van der Waals surface area contributed by atoms with Gasteiger partial charge in [-0.05, 0) is 0 Å². The number of H-pyrrole nitrogens is 1. The molecule has 9 heteroatoms. The van der Waals surface area contributed by atoms with E-state index in [1.54, 1.807) is 13.3 Å². The van der Waals surface area contributed by atoms with Crippen molar-refractivity contribution in [1.82, 2.24) is 20.2 Å². The molecule has 0 amide bonds. The summed E-state index contributed by atoms with van der Waals surface area (Å²) in [5, 5.41) is 7.30. The summed E-state index contributed by atoms with van der Waals surface area (Å²) in [5.41, 5.74) is 2.92. The lowest BCUT2D eigenvalue weighted by Crippen LogP contribution is -2.13. The van der Waals surface area contributed by atoms with Crippen molar-refractivity contribution in [2.24, 2.45) is 5.84 Å². The fourth-order valence-electron chi connectivity index (χ4n) is 1.42. The molecule has 0 fully saturated rings. The highest BCUT2D eigenvalue weighted by molar-refractivity contribution is 5.80. The smallest absolute Gasteiger partial charge is 0.242 e. The summed E-state index contributed by atoms with van der Waals surface area (Å²) < 4.78 is 15.7. The van der Waals surface area contributed by atoms with E-state index in [9.17, 15) is 0 Å². The highest BCUT2D eigenvalue weighted by Gasteiger charge is 2.09. The van der Waals surface area contributed by atoms with Gasteiger partial charge in [-0.25, -0.2) is 5.84 Å². The summed E-state index contributed by atoms with van der Waals surface area (Å²) in [7, 11) is 1.62. The van der Waals surface area contributed by atoms with E-state index in [1.165, 1.54) is 0 Å². The summed E-state index contributed by atoms with van der Waals surface area (Å²) in [6.07, 6.45) is 1.59. The zero-order valence-corrected chi connectivity index (χ0v) is 10.5. The van der Waals surface area contributed by atoms with Crippen LogP contribution < -0.4 is 16.0 Å². The molecule has 9 nitrogen and oxygen atoms in total. The Balaban J connectivity index is 1.93. The molecule has 0 bridgehead atoms. The van der Waals surface area contributed by atoms with Crippen LogP contribution in [0, 0.1) is 0 Å². The molecule has 19 heavy (non-hydrogen) atoms. The largest absolute Gasteiger partial charge is 0.475 e. The molecule has 2 aromatic rings. The average molecular weight is 268 g/mol. The summed E-state index contributed by atoms with van der Waals surface area (Å²) in [6, 6.07) is 0. The molecule has 0 aromatic carbocycles. The molecule has 0 aliphatic carbocycles. The number of hydrogen-bond donors (Lipinski definition) is 3. The quantitative estimate of drug-likeness (QED) is 0.338. The predicted octanol–water partition coefficient (Wildman–Crippen LogP) is -0.320. The number of methoxy groups -OCH3 is 1. The van der Waals surface area contributed by atoms with Gasteiger partial charge in [0.15, 0.2) is 5.65 Å². The van der Waals surface area contributed by atoms with E-state index in [0.717, 1.165) is 0 Å². The van der Waals surface area contributed by atoms with Crippen molar-refractivity contribution in [3.8, 4) is 5.88 Å². The molecule has 0 spiro atoms. The van der Waals surface area contributed by atoms with Crippen LogP contribution in [-0.2, 0) is 9.47 Å². The van der Waals surface area contributed by atoms with Crippen LogP contribution in [0.4, 0.5) is 5.95 Å². The fraction of sp³-hybridized carbons (Fsp3) is 0.500. The normalized spacial score (nSPS) is 10.8. The Morgan fingerprint density at radius 1 is 1.26 bits per heavy atom. The zero-order valence-electron chi connectivity index (χ0n) is 10.5. The first-order valence-corrected chi connectivity index (χ1v) is 5.72. The number of anilines is 1. The molecule has 0 radical (unpaired) electrons. The van der Waals surface area contributed by atoms with Gasteiger partial charge in [0.25, 0.3) is 0 Å². The van der Waals surface area contributed by atoms with Crippen molar-refractivity contribution < 1.29 is 14.2 Å². The third-order valence-corrected chi connectivity index (χ3v) is 2.30. The van der Waals surface area contributed by atoms with E-state index < -0.39 is 0 Å². The Morgan fingerprint density at radius 3 is 2.89 bits per heavy atom. The summed E-state index contributed by atoms with van der Waals surface area (Å²) in [4.78, 5) is 8.21. The number of hydrazine groups is 1. The second kappa shape index (κ2) is 6.83. The van der Waals surface area contributed by atoms with Crippen LogP contribution >= 0.6 is 0 Å². The first-order chi connectivity index (χ1) is 9.35. The van der Waals surface area contributed by atoms with Gasteiger partial charge in [-0.1, -0.05) is 0 Å². The van der Waals surface area contributed by atoms with Crippen molar-refractivity contribution in [3.05, 3.63) is 6.20 Å². The number of hydrogen-bond acceptors (Lipinski definition) is 8. The molecule has 0 saturated heterocycles. The highest BCUT2D eigenvalue weighted by Crippen LogP contribution is 2.21. The van der Waals surface area contributed by atoms with Crippen LogP contribution in [0.2, 0.25) is 0 Å². The Labute approximate surface area is 109 Å². The average Bonchev–Trinajstić information content (AvgIpc) is 2.90. The maximum Gasteiger partial charge on any atom is 0.242 e. The van der Waals surface area contributed by atoms with Crippen molar-refractivity contribution in [2.75, 3.05) is 39.0 Å². The molecule has 2 heterocycles. The third kappa shape index (κ3) is 3.50. The molecule has 0 aliphatic rings. The molecule has 104 valence electrons. The first-order valence-electron chi connectivity index (χ1n) is 5.72. The van der Waals surface area contributed by atoms with Gasteiger partial charge in [-0.15, -0.1) is 0 Å². The topological polar surface area (TPSA) is 120 Å². The highest BCUT2D eigenvalue weighted by atomic mass is 16.5. The third-order valence-electron chi connectivity index (χ3n) is 2.30. The molecule has 4 N–H and O–H groups in total. The van der Waals surface area contributed by atoms with Gasteiger partial charge in [0, 0.05) is 7.11 Å². The lowest BCUT2D eigenvalue weighted by Gasteiger charge is -2.08. The van der Waals surface area contributed by atoms with E-state index in [-0.39, 0.29) is 5.95 Å². The second-order valence-electron chi connectivity index (χ2n) is 3.58. The maximum absolute atomic E-state index is 5.53. The first kappa shape index (κ1) is 13.5. The lowest BCUT2D eigenvalue weighted by atomic mass is 10.4. The van der Waals surface area contributed by atoms with Crippen LogP contribution in [0.15, 0.2) is 6.20 Å². The van der Waals surface area contributed by atoms with Crippen LogP contribution in [0.5, 0.6) is 5.88 Å². The van der Waals surface area contributed by atoms with Crippen molar-refractivity contribution in [2.45, 2.75) is 0 Å². The van der Waals surface area contributed by atoms with Crippen molar-refractivity contribution in [3.63, 3.8) is 0 Å². The fourth-order valence-corrected chi connectivity index (χ4v) is 1.42. The van der Waals surface area contributed by atoms with E-state index in [0.29, 0.717) is 43.3 Å². The zero-order chi connectivity index (χ0) is 13.5. The monoisotopic (exact) mass is 268 g/mol. The minimum atomic E-state index is 0.257. The Bertz CT molecular complexity index is 517. The van der Waals surface area contributed by atoms with Crippen LogP contribution in [0.3, 0.4) is 0 Å². The number of ether oxygens (including phenoxy) is 3. The lowest BCUT2D eigenvalue weighted by molar-refractivity contribution is 0.0540. The van der Waals surface area contributed by atoms with E-state index in [4.69, 9.17) is 20.1 Å². The van der Waals surface area contributed by atoms with Gasteiger partial charge >= 0.3 is 0 Å². The molecule has 2 rings (SSSR count). The number of nitrogen functional groups attached to an aromatic ring is 1. The minimum Gasteiger partial charge on any atom is -0.475 e. The molecule has 0 aliphatic heterocycles. The molecule has 0 unspecified atom stereocenters. The number of aromatic amines is 1.